The van der Waals surface area contributed by atoms with Gasteiger partial charge in [0.25, 0.3) is 0 Å². The molecule has 1 aromatic rings. The van der Waals surface area contributed by atoms with Gasteiger partial charge >= 0.3 is 0 Å². The van der Waals surface area contributed by atoms with Gasteiger partial charge < -0.3 is 5.32 Å². The molecule has 0 saturated heterocycles. The first kappa shape index (κ1) is 14.2. The molecule has 2 heteroatoms. The normalized spacial score (nSPS) is 11.9. The molecule has 1 rings (SSSR count). The summed E-state index contributed by atoms with van der Waals surface area (Å²) in [6.07, 6.45) is 1.06. The van der Waals surface area contributed by atoms with E-state index in [0.29, 0.717) is 0 Å². The molecule has 0 aliphatic heterocycles. The smallest absolute Gasteiger partial charge is 0.123 e. The Bertz CT molecular complexity index is 360. The molecule has 0 bridgehead atoms. The lowest BCUT2D eigenvalue weighted by molar-refractivity contribution is 0.455. The third-order valence-electron chi connectivity index (χ3n) is 3.35. The molecule has 0 saturated carbocycles. The fourth-order valence-corrected chi connectivity index (χ4v) is 2.68. The first-order chi connectivity index (χ1) is 7.88. The van der Waals surface area contributed by atoms with Crippen LogP contribution in [-0.4, -0.2) is 13.1 Å². The van der Waals surface area contributed by atoms with Gasteiger partial charge in [-0.05, 0) is 67.6 Å². The average molecular weight is 237 g/mol. The van der Waals surface area contributed by atoms with Crippen LogP contribution >= 0.6 is 0 Å². The summed E-state index contributed by atoms with van der Waals surface area (Å²) < 4.78 is 13.3. The molecule has 0 atom stereocenters. The SMILES string of the molecule is CCNCCC(C)(C)c1c(C)cc(F)cc1C. The van der Waals surface area contributed by atoms with E-state index in [9.17, 15) is 4.39 Å². The van der Waals surface area contributed by atoms with Crippen LogP contribution in [-0.2, 0) is 5.41 Å². The number of aryl methyl sites for hydroxylation is 2. The van der Waals surface area contributed by atoms with Crippen LogP contribution in [0.3, 0.4) is 0 Å². The number of benzene rings is 1. The van der Waals surface area contributed by atoms with Gasteiger partial charge in [0, 0.05) is 0 Å². The van der Waals surface area contributed by atoms with Gasteiger partial charge in [-0.1, -0.05) is 20.8 Å². The summed E-state index contributed by atoms with van der Waals surface area (Å²) in [6, 6.07) is 3.27. The lowest BCUT2D eigenvalue weighted by Crippen LogP contribution is -2.27. The van der Waals surface area contributed by atoms with Crippen LogP contribution in [0.4, 0.5) is 4.39 Å². The maximum absolute atomic E-state index is 13.3. The molecule has 0 spiro atoms. The Balaban J connectivity index is 2.97. The molecule has 0 radical (unpaired) electrons. The summed E-state index contributed by atoms with van der Waals surface area (Å²) in [5.41, 5.74) is 3.49. The highest BCUT2D eigenvalue weighted by Gasteiger charge is 2.24. The zero-order valence-corrected chi connectivity index (χ0v) is 11.7. The van der Waals surface area contributed by atoms with E-state index < -0.39 is 0 Å². The predicted molar refractivity (Wildman–Crippen MR) is 72.1 cm³/mol. The Morgan fingerprint density at radius 2 is 1.71 bits per heavy atom. The van der Waals surface area contributed by atoms with E-state index >= 15 is 0 Å². The van der Waals surface area contributed by atoms with Gasteiger partial charge in [-0.2, -0.15) is 0 Å². The molecular weight excluding hydrogens is 213 g/mol. The second-order valence-electron chi connectivity index (χ2n) is 5.40. The molecular formula is C15H24FN. The lowest BCUT2D eigenvalue weighted by atomic mass is 9.77. The van der Waals surface area contributed by atoms with Crippen molar-refractivity contribution in [1.29, 1.82) is 0 Å². The minimum absolute atomic E-state index is 0.0873. The highest BCUT2D eigenvalue weighted by atomic mass is 19.1. The highest BCUT2D eigenvalue weighted by Crippen LogP contribution is 2.32. The Morgan fingerprint density at radius 3 is 2.18 bits per heavy atom. The molecule has 1 N–H and O–H groups in total. The van der Waals surface area contributed by atoms with Gasteiger partial charge in [-0.3, -0.25) is 0 Å². The van der Waals surface area contributed by atoms with Crippen LogP contribution in [0.1, 0.15) is 43.9 Å². The molecule has 0 fully saturated rings. The summed E-state index contributed by atoms with van der Waals surface area (Å²) in [5.74, 6) is -0.133. The first-order valence-electron chi connectivity index (χ1n) is 6.36. The zero-order chi connectivity index (χ0) is 13.1. The Labute approximate surface area is 104 Å². The van der Waals surface area contributed by atoms with Crippen molar-refractivity contribution in [2.45, 2.75) is 46.5 Å². The van der Waals surface area contributed by atoms with Gasteiger partial charge in [0.2, 0.25) is 0 Å². The van der Waals surface area contributed by atoms with Crippen molar-refractivity contribution < 1.29 is 4.39 Å². The van der Waals surface area contributed by atoms with E-state index in [1.165, 1.54) is 5.56 Å². The van der Waals surface area contributed by atoms with Crippen LogP contribution in [0, 0.1) is 19.7 Å². The molecule has 96 valence electrons. The van der Waals surface area contributed by atoms with E-state index in [-0.39, 0.29) is 11.2 Å². The Morgan fingerprint density at radius 1 is 1.18 bits per heavy atom. The van der Waals surface area contributed by atoms with Crippen LogP contribution in [0.15, 0.2) is 12.1 Å². The summed E-state index contributed by atoms with van der Waals surface area (Å²) in [7, 11) is 0. The van der Waals surface area contributed by atoms with Crippen LogP contribution in [0.5, 0.6) is 0 Å². The van der Waals surface area contributed by atoms with E-state index in [0.717, 1.165) is 30.6 Å². The molecule has 0 unspecified atom stereocenters. The fraction of sp³-hybridized carbons (Fsp3) is 0.600. The topological polar surface area (TPSA) is 12.0 Å². The second-order valence-corrected chi connectivity index (χ2v) is 5.40. The molecule has 1 nitrogen and oxygen atoms in total. The monoisotopic (exact) mass is 237 g/mol. The summed E-state index contributed by atoms with van der Waals surface area (Å²) in [6.45, 7) is 12.6. The molecule has 17 heavy (non-hydrogen) atoms. The largest absolute Gasteiger partial charge is 0.317 e. The predicted octanol–water partition coefficient (Wildman–Crippen LogP) is 3.72. The van der Waals surface area contributed by atoms with Crippen LogP contribution in [0.25, 0.3) is 0 Å². The number of hydrogen-bond acceptors (Lipinski definition) is 1. The summed E-state index contributed by atoms with van der Waals surface area (Å²) in [4.78, 5) is 0. The van der Waals surface area contributed by atoms with Crippen molar-refractivity contribution in [3.63, 3.8) is 0 Å². The Hall–Kier alpha value is -0.890. The molecule has 0 aliphatic carbocycles. The summed E-state index contributed by atoms with van der Waals surface area (Å²) >= 11 is 0. The van der Waals surface area contributed by atoms with E-state index in [1.807, 2.05) is 13.8 Å². The van der Waals surface area contributed by atoms with Crippen LogP contribution in [0.2, 0.25) is 0 Å². The van der Waals surface area contributed by atoms with Crippen molar-refractivity contribution in [1.82, 2.24) is 5.32 Å². The number of halogens is 1. The minimum atomic E-state index is -0.133. The van der Waals surface area contributed by atoms with Gasteiger partial charge in [-0.25, -0.2) is 4.39 Å². The van der Waals surface area contributed by atoms with Gasteiger partial charge in [0.05, 0.1) is 0 Å². The maximum Gasteiger partial charge on any atom is 0.123 e. The minimum Gasteiger partial charge on any atom is -0.317 e. The highest BCUT2D eigenvalue weighted by molar-refractivity contribution is 5.39. The van der Waals surface area contributed by atoms with Gasteiger partial charge in [0.15, 0.2) is 0 Å². The molecule has 0 heterocycles. The van der Waals surface area contributed by atoms with Crippen molar-refractivity contribution in [2.75, 3.05) is 13.1 Å². The summed E-state index contributed by atoms with van der Waals surface area (Å²) in [5, 5.41) is 3.35. The zero-order valence-electron chi connectivity index (χ0n) is 11.7. The van der Waals surface area contributed by atoms with E-state index in [1.54, 1.807) is 12.1 Å². The third-order valence-corrected chi connectivity index (χ3v) is 3.35. The average Bonchev–Trinajstić information content (AvgIpc) is 2.15. The molecule has 1 aromatic carbocycles. The van der Waals surface area contributed by atoms with E-state index in [2.05, 4.69) is 26.1 Å². The first-order valence-corrected chi connectivity index (χ1v) is 6.36. The lowest BCUT2D eigenvalue weighted by Gasteiger charge is -2.29. The van der Waals surface area contributed by atoms with Crippen molar-refractivity contribution in [3.05, 3.63) is 34.6 Å². The second kappa shape index (κ2) is 5.63. The van der Waals surface area contributed by atoms with Gasteiger partial charge in [-0.15, -0.1) is 0 Å². The van der Waals surface area contributed by atoms with Crippen molar-refractivity contribution in [3.8, 4) is 0 Å². The number of hydrogen-bond donors (Lipinski definition) is 1. The Kier molecular flexibility index (Phi) is 4.70. The fourth-order valence-electron chi connectivity index (χ4n) is 2.68. The molecule has 0 amide bonds. The van der Waals surface area contributed by atoms with Crippen molar-refractivity contribution in [2.24, 2.45) is 0 Å². The van der Waals surface area contributed by atoms with Gasteiger partial charge in [0.1, 0.15) is 5.82 Å². The molecule has 0 aliphatic rings. The molecule has 0 aromatic heterocycles. The maximum atomic E-state index is 13.3. The van der Waals surface area contributed by atoms with Crippen LogP contribution < -0.4 is 5.32 Å². The third kappa shape index (κ3) is 3.53. The number of nitrogens with one attached hydrogen (secondary N) is 1. The number of rotatable bonds is 5. The van der Waals surface area contributed by atoms with Crippen molar-refractivity contribution >= 4 is 0 Å². The quantitative estimate of drug-likeness (QED) is 0.770. The van der Waals surface area contributed by atoms with E-state index in [4.69, 9.17) is 0 Å². The standard InChI is InChI=1S/C15H24FN/c1-6-17-8-7-15(4,5)14-11(2)9-13(16)10-12(14)3/h9-10,17H,6-8H2,1-5H3.